The van der Waals surface area contributed by atoms with Crippen molar-refractivity contribution in [2.24, 2.45) is 5.84 Å². The number of anilines is 1. The van der Waals surface area contributed by atoms with E-state index in [-0.39, 0.29) is 11.1 Å². The van der Waals surface area contributed by atoms with Crippen molar-refractivity contribution < 1.29 is 0 Å². The Morgan fingerprint density at radius 3 is 2.53 bits per heavy atom. The minimum atomic E-state index is -0.379. The summed E-state index contributed by atoms with van der Waals surface area (Å²) in [5, 5.41) is 0.599. The van der Waals surface area contributed by atoms with Gasteiger partial charge in [-0.2, -0.15) is 0 Å². The molecule has 5 heteroatoms. The number of nitrogens with zero attached hydrogens (tertiary/aromatic N) is 2. The van der Waals surface area contributed by atoms with Gasteiger partial charge < -0.3 is 0 Å². The van der Waals surface area contributed by atoms with Gasteiger partial charge in [-0.1, -0.05) is 12.1 Å². The monoisotopic (exact) mass is 232 g/mol. The summed E-state index contributed by atoms with van der Waals surface area (Å²) in [6, 6.07) is 7.24. The number of hydrazine groups is 1. The molecule has 0 amide bonds. The summed E-state index contributed by atoms with van der Waals surface area (Å²) in [6.45, 7) is 5.81. The van der Waals surface area contributed by atoms with Crippen LogP contribution in [0.5, 0.6) is 0 Å². The van der Waals surface area contributed by atoms with Crippen LogP contribution in [0.25, 0.3) is 10.9 Å². The molecule has 17 heavy (non-hydrogen) atoms. The topological polar surface area (TPSA) is 72.9 Å². The van der Waals surface area contributed by atoms with E-state index in [2.05, 4.69) is 10.4 Å². The number of nitrogens with one attached hydrogen (secondary N) is 1. The Hall–Kier alpha value is -1.88. The molecule has 5 nitrogen and oxygen atoms in total. The van der Waals surface area contributed by atoms with Gasteiger partial charge in [0.2, 0.25) is 5.95 Å². The maximum Gasteiger partial charge on any atom is 0.263 e. The van der Waals surface area contributed by atoms with Gasteiger partial charge in [-0.25, -0.2) is 10.8 Å². The van der Waals surface area contributed by atoms with Crippen molar-refractivity contribution >= 4 is 16.9 Å². The van der Waals surface area contributed by atoms with Gasteiger partial charge in [0.1, 0.15) is 0 Å². The number of hydrogen-bond acceptors (Lipinski definition) is 4. The third-order valence-corrected chi connectivity index (χ3v) is 2.58. The maximum absolute atomic E-state index is 12.4. The van der Waals surface area contributed by atoms with E-state index in [1.165, 1.54) is 0 Å². The van der Waals surface area contributed by atoms with Crippen LogP contribution in [-0.4, -0.2) is 9.55 Å². The van der Waals surface area contributed by atoms with Gasteiger partial charge in [0.15, 0.2) is 0 Å². The molecular formula is C12H16N4O. The molecular weight excluding hydrogens is 216 g/mol. The quantitative estimate of drug-likeness (QED) is 0.576. The lowest BCUT2D eigenvalue weighted by Crippen LogP contribution is -2.37. The zero-order chi connectivity index (χ0) is 12.6. The molecule has 0 saturated heterocycles. The Morgan fingerprint density at radius 1 is 1.29 bits per heavy atom. The Bertz CT molecular complexity index is 610. The third kappa shape index (κ3) is 1.89. The van der Waals surface area contributed by atoms with Crippen LogP contribution >= 0.6 is 0 Å². The number of para-hydroxylation sites is 1. The molecule has 90 valence electrons. The standard InChI is InChI=1S/C12H16N4O/c1-12(2,3)16-10(17)8-6-4-5-7-9(8)14-11(16)15-13/h4-7H,13H2,1-3H3,(H,14,15). The van der Waals surface area contributed by atoms with Crippen LogP contribution in [0.4, 0.5) is 5.95 Å². The van der Waals surface area contributed by atoms with E-state index in [9.17, 15) is 4.79 Å². The first kappa shape index (κ1) is 11.6. The van der Waals surface area contributed by atoms with Crippen LogP contribution in [0.3, 0.4) is 0 Å². The number of nitrogens with two attached hydrogens (primary N) is 1. The first-order valence-corrected chi connectivity index (χ1v) is 5.44. The van der Waals surface area contributed by atoms with Gasteiger partial charge in [-0.05, 0) is 32.9 Å². The van der Waals surface area contributed by atoms with Crippen LogP contribution in [0.2, 0.25) is 0 Å². The van der Waals surface area contributed by atoms with Crippen molar-refractivity contribution in [2.45, 2.75) is 26.3 Å². The zero-order valence-corrected chi connectivity index (χ0v) is 10.2. The average Bonchev–Trinajstić information content (AvgIpc) is 2.27. The summed E-state index contributed by atoms with van der Waals surface area (Å²) >= 11 is 0. The third-order valence-electron chi connectivity index (χ3n) is 2.58. The molecule has 3 N–H and O–H groups in total. The summed E-state index contributed by atoms with van der Waals surface area (Å²) in [6.07, 6.45) is 0. The molecule has 1 aromatic heterocycles. The number of hydrogen-bond donors (Lipinski definition) is 2. The van der Waals surface area contributed by atoms with Crippen molar-refractivity contribution in [1.82, 2.24) is 9.55 Å². The van der Waals surface area contributed by atoms with Gasteiger partial charge in [-0.3, -0.25) is 14.8 Å². The molecule has 2 rings (SSSR count). The molecule has 1 heterocycles. The van der Waals surface area contributed by atoms with Crippen LogP contribution in [0, 0.1) is 0 Å². The first-order chi connectivity index (χ1) is 7.95. The Labute approximate surface area is 99.2 Å². The van der Waals surface area contributed by atoms with Crippen molar-refractivity contribution in [3.63, 3.8) is 0 Å². The molecule has 0 aliphatic rings. The highest BCUT2D eigenvalue weighted by atomic mass is 16.1. The predicted octanol–water partition coefficient (Wildman–Crippen LogP) is 1.44. The van der Waals surface area contributed by atoms with E-state index in [0.29, 0.717) is 16.9 Å². The van der Waals surface area contributed by atoms with Crippen molar-refractivity contribution in [3.05, 3.63) is 34.6 Å². The van der Waals surface area contributed by atoms with Gasteiger partial charge in [0, 0.05) is 5.54 Å². The van der Waals surface area contributed by atoms with Crippen molar-refractivity contribution in [1.29, 1.82) is 0 Å². The molecule has 0 bridgehead atoms. The fraction of sp³-hybridized carbons (Fsp3) is 0.333. The lowest BCUT2D eigenvalue weighted by atomic mass is 10.1. The van der Waals surface area contributed by atoms with E-state index in [0.717, 1.165) is 0 Å². The zero-order valence-electron chi connectivity index (χ0n) is 10.2. The molecule has 1 aromatic carbocycles. The van der Waals surface area contributed by atoms with Gasteiger partial charge in [0.05, 0.1) is 10.9 Å². The molecule has 0 spiro atoms. The fourth-order valence-electron chi connectivity index (χ4n) is 1.85. The molecule has 0 aliphatic heterocycles. The second kappa shape index (κ2) is 3.85. The van der Waals surface area contributed by atoms with Crippen LogP contribution < -0.4 is 16.8 Å². The molecule has 0 radical (unpaired) electrons. The summed E-state index contributed by atoms with van der Waals surface area (Å²) in [5.74, 6) is 5.81. The Morgan fingerprint density at radius 2 is 1.94 bits per heavy atom. The Kier molecular flexibility index (Phi) is 2.63. The van der Waals surface area contributed by atoms with Gasteiger partial charge in [0.25, 0.3) is 5.56 Å². The minimum absolute atomic E-state index is 0.0870. The number of rotatable bonds is 1. The summed E-state index contributed by atoms with van der Waals surface area (Å²) in [7, 11) is 0. The van der Waals surface area contributed by atoms with Crippen LogP contribution in [0.15, 0.2) is 29.1 Å². The number of nitrogen functional groups attached to an aromatic ring is 1. The second-order valence-electron chi connectivity index (χ2n) is 4.91. The van der Waals surface area contributed by atoms with E-state index in [1.54, 1.807) is 16.7 Å². The van der Waals surface area contributed by atoms with Gasteiger partial charge in [-0.15, -0.1) is 0 Å². The van der Waals surface area contributed by atoms with E-state index in [1.807, 2.05) is 32.9 Å². The number of fused-ring (bicyclic) bond motifs is 1. The molecule has 0 unspecified atom stereocenters. The number of aromatic nitrogens is 2. The largest absolute Gasteiger partial charge is 0.294 e. The SMILES string of the molecule is CC(C)(C)n1c(NN)nc2ccccc2c1=O. The lowest BCUT2D eigenvalue weighted by molar-refractivity contribution is 0.387. The minimum Gasteiger partial charge on any atom is -0.294 e. The van der Waals surface area contributed by atoms with Crippen LogP contribution in [-0.2, 0) is 5.54 Å². The normalized spacial score (nSPS) is 11.8. The Balaban J connectivity index is 2.92. The smallest absolute Gasteiger partial charge is 0.263 e. The average molecular weight is 232 g/mol. The van der Waals surface area contributed by atoms with E-state index < -0.39 is 0 Å². The van der Waals surface area contributed by atoms with E-state index in [4.69, 9.17) is 5.84 Å². The second-order valence-corrected chi connectivity index (χ2v) is 4.91. The molecule has 0 aliphatic carbocycles. The summed E-state index contributed by atoms with van der Waals surface area (Å²) < 4.78 is 1.56. The molecule has 0 saturated carbocycles. The number of benzene rings is 1. The molecule has 0 atom stereocenters. The summed E-state index contributed by atoms with van der Waals surface area (Å²) in [5.41, 5.74) is 2.67. The molecule has 2 aromatic rings. The first-order valence-electron chi connectivity index (χ1n) is 5.44. The van der Waals surface area contributed by atoms with Crippen LogP contribution in [0.1, 0.15) is 20.8 Å². The van der Waals surface area contributed by atoms with Crippen molar-refractivity contribution in [3.8, 4) is 0 Å². The highest BCUT2D eigenvalue weighted by molar-refractivity contribution is 5.78. The predicted molar refractivity (Wildman–Crippen MR) is 68.8 cm³/mol. The maximum atomic E-state index is 12.4. The highest BCUT2D eigenvalue weighted by Gasteiger charge is 2.20. The summed E-state index contributed by atoms with van der Waals surface area (Å²) in [4.78, 5) is 16.7. The van der Waals surface area contributed by atoms with Crippen molar-refractivity contribution in [2.75, 3.05) is 5.43 Å². The molecule has 0 fully saturated rings. The highest BCUT2D eigenvalue weighted by Crippen LogP contribution is 2.18. The van der Waals surface area contributed by atoms with Gasteiger partial charge >= 0.3 is 0 Å². The van der Waals surface area contributed by atoms with E-state index >= 15 is 0 Å². The fourth-order valence-corrected chi connectivity index (χ4v) is 1.85. The lowest BCUT2D eigenvalue weighted by Gasteiger charge is -2.25.